The summed E-state index contributed by atoms with van der Waals surface area (Å²) in [5.41, 5.74) is 4.09. The molecule has 0 saturated heterocycles. The van der Waals surface area contributed by atoms with Crippen molar-refractivity contribution in [2.75, 3.05) is 0 Å². The van der Waals surface area contributed by atoms with Gasteiger partial charge in [0.25, 0.3) is 0 Å². The molecule has 0 amide bonds. The van der Waals surface area contributed by atoms with E-state index in [1.165, 1.54) is 0 Å². The first-order valence-corrected chi connectivity index (χ1v) is 8.93. The summed E-state index contributed by atoms with van der Waals surface area (Å²) < 4.78 is 4.10. The zero-order valence-electron chi connectivity index (χ0n) is 13.1. The molecule has 6 heteroatoms. The molecule has 0 saturated carbocycles. The maximum Gasteiger partial charge on any atom is 0.172 e. The average Bonchev–Trinajstić information content (AvgIpc) is 3.21. The highest BCUT2D eigenvalue weighted by Crippen LogP contribution is 2.28. The zero-order valence-corrected chi connectivity index (χ0v) is 14.6. The fraction of sp³-hybridized carbons (Fsp3) is 0.111. The smallest absolute Gasteiger partial charge is 0.172 e. The van der Waals surface area contributed by atoms with Gasteiger partial charge in [-0.25, -0.2) is 9.97 Å². The van der Waals surface area contributed by atoms with Crippen LogP contribution in [0.1, 0.15) is 11.3 Å². The quantitative estimate of drug-likeness (QED) is 0.495. The lowest BCUT2D eigenvalue weighted by Crippen LogP contribution is -1.98. The molecule has 0 unspecified atom stereocenters. The van der Waals surface area contributed by atoms with Crippen molar-refractivity contribution in [1.82, 2.24) is 18.9 Å². The van der Waals surface area contributed by atoms with Crippen LogP contribution in [0.4, 0.5) is 0 Å². The number of pyridine rings is 1. The van der Waals surface area contributed by atoms with Crippen molar-refractivity contribution in [3.63, 3.8) is 0 Å². The van der Waals surface area contributed by atoms with Gasteiger partial charge in [0.2, 0.25) is 0 Å². The van der Waals surface area contributed by atoms with E-state index in [0.717, 1.165) is 38.5 Å². The second-order valence-electron chi connectivity index (χ2n) is 5.45. The van der Waals surface area contributed by atoms with Gasteiger partial charge in [-0.15, -0.1) is 0 Å². The number of fused-ring (bicyclic) bond motifs is 1. The number of benzene rings is 1. The van der Waals surface area contributed by atoms with Gasteiger partial charge < -0.3 is 4.40 Å². The van der Waals surface area contributed by atoms with Crippen LogP contribution in [-0.2, 0) is 5.75 Å². The van der Waals surface area contributed by atoms with Crippen LogP contribution in [0.3, 0.4) is 0 Å². The third-order valence-electron chi connectivity index (χ3n) is 3.87. The SMILES string of the molecule is Cc1c(Cl)cccc1-n1ccnc1SCc1cn2ccccc2n1. The second kappa shape index (κ2) is 6.34. The van der Waals surface area contributed by atoms with Crippen molar-refractivity contribution in [3.8, 4) is 5.69 Å². The fourth-order valence-corrected chi connectivity index (χ4v) is 3.65. The minimum Gasteiger partial charge on any atom is -0.307 e. The highest BCUT2D eigenvalue weighted by Gasteiger charge is 2.11. The number of aromatic nitrogens is 4. The molecule has 0 aliphatic rings. The van der Waals surface area contributed by atoms with E-state index in [1.807, 2.05) is 60.2 Å². The topological polar surface area (TPSA) is 35.1 Å². The Bertz CT molecular complexity index is 972. The summed E-state index contributed by atoms with van der Waals surface area (Å²) in [6.07, 6.45) is 7.84. The molecular formula is C18H15ClN4S. The highest BCUT2D eigenvalue weighted by atomic mass is 35.5. The summed E-state index contributed by atoms with van der Waals surface area (Å²) in [4.78, 5) is 9.11. The summed E-state index contributed by atoms with van der Waals surface area (Å²) in [6.45, 7) is 2.02. The van der Waals surface area contributed by atoms with E-state index in [1.54, 1.807) is 11.8 Å². The summed E-state index contributed by atoms with van der Waals surface area (Å²) >= 11 is 7.91. The van der Waals surface area contributed by atoms with Gasteiger partial charge in [0.05, 0.1) is 11.4 Å². The van der Waals surface area contributed by atoms with Crippen molar-refractivity contribution in [3.05, 3.63) is 77.5 Å². The standard InChI is InChI=1S/C18H15ClN4S/c1-13-15(19)5-4-6-16(13)23-10-8-20-18(23)24-12-14-11-22-9-3-2-7-17(22)21-14/h2-11H,12H2,1H3. The Labute approximate surface area is 149 Å². The molecule has 0 radical (unpaired) electrons. The third-order valence-corrected chi connectivity index (χ3v) is 5.28. The van der Waals surface area contributed by atoms with Gasteiger partial charge in [-0.05, 0) is 36.8 Å². The molecule has 0 N–H and O–H groups in total. The van der Waals surface area contributed by atoms with Gasteiger partial charge in [-0.2, -0.15) is 0 Å². The molecule has 4 aromatic rings. The number of halogens is 1. The number of hydrogen-bond donors (Lipinski definition) is 0. The molecule has 3 aromatic heterocycles. The summed E-state index contributed by atoms with van der Waals surface area (Å²) in [7, 11) is 0. The summed E-state index contributed by atoms with van der Waals surface area (Å²) in [5.74, 6) is 0.762. The Morgan fingerprint density at radius 1 is 1.12 bits per heavy atom. The number of imidazole rings is 2. The van der Waals surface area contributed by atoms with Gasteiger partial charge in [-0.1, -0.05) is 35.5 Å². The molecule has 120 valence electrons. The molecule has 0 atom stereocenters. The van der Waals surface area contributed by atoms with E-state index in [2.05, 4.69) is 26.8 Å². The minimum atomic E-state index is 0.762. The van der Waals surface area contributed by atoms with E-state index in [-0.39, 0.29) is 0 Å². The molecule has 3 heterocycles. The Morgan fingerprint density at radius 2 is 2.04 bits per heavy atom. The van der Waals surface area contributed by atoms with Gasteiger partial charge in [-0.3, -0.25) is 4.57 Å². The van der Waals surface area contributed by atoms with Crippen molar-refractivity contribution in [2.24, 2.45) is 0 Å². The van der Waals surface area contributed by atoms with Gasteiger partial charge in [0, 0.05) is 35.6 Å². The Hall–Kier alpha value is -2.24. The van der Waals surface area contributed by atoms with Crippen molar-refractivity contribution < 1.29 is 0 Å². The van der Waals surface area contributed by atoms with Crippen LogP contribution in [0, 0.1) is 6.92 Å². The largest absolute Gasteiger partial charge is 0.307 e. The third kappa shape index (κ3) is 2.81. The second-order valence-corrected chi connectivity index (χ2v) is 6.80. The Kier molecular flexibility index (Phi) is 4.04. The molecule has 0 aliphatic heterocycles. The first kappa shape index (κ1) is 15.3. The first-order valence-electron chi connectivity index (χ1n) is 7.56. The van der Waals surface area contributed by atoms with E-state index in [9.17, 15) is 0 Å². The molecule has 0 spiro atoms. The van der Waals surface area contributed by atoms with Crippen molar-refractivity contribution in [2.45, 2.75) is 17.8 Å². The minimum absolute atomic E-state index is 0.762. The van der Waals surface area contributed by atoms with E-state index < -0.39 is 0 Å². The van der Waals surface area contributed by atoms with Gasteiger partial charge >= 0.3 is 0 Å². The number of thioether (sulfide) groups is 1. The average molecular weight is 355 g/mol. The molecule has 0 fully saturated rings. The lowest BCUT2D eigenvalue weighted by atomic mass is 10.2. The molecule has 24 heavy (non-hydrogen) atoms. The predicted molar refractivity (Wildman–Crippen MR) is 98.1 cm³/mol. The molecule has 4 nitrogen and oxygen atoms in total. The molecule has 1 aromatic carbocycles. The number of hydrogen-bond acceptors (Lipinski definition) is 3. The number of rotatable bonds is 4. The zero-order chi connectivity index (χ0) is 16.5. The van der Waals surface area contributed by atoms with Crippen molar-refractivity contribution >= 4 is 29.0 Å². The van der Waals surface area contributed by atoms with Gasteiger partial charge in [0.1, 0.15) is 5.65 Å². The normalized spacial score (nSPS) is 11.2. The van der Waals surface area contributed by atoms with Crippen LogP contribution in [0.5, 0.6) is 0 Å². The van der Waals surface area contributed by atoms with Crippen LogP contribution in [0.25, 0.3) is 11.3 Å². The summed E-state index contributed by atoms with van der Waals surface area (Å²) in [6, 6.07) is 11.9. The van der Waals surface area contributed by atoms with E-state index in [4.69, 9.17) is 11.6 Å². The molecule has 4 rings (SSSR count). The van der Waals surface area contributed by atoms with Crippen molar-refractivity contribution in [1.29, 1.82) is 0 Å². The predicted octanol–water partition coefficient (Wildman–Crippen LogP) is 4.77. The van der Waals surface area contributed by atoms with Crippen LogP contribution in [0.15, 0.2) is 66.3 Å². The Balaban J connectivity index is 1.60. The maximum atomic E-state index is 6.25. The van der Waals surface area contributed by atoms with Crippen LogP contribution in [-0.4, -0.2) is 18.9 Å². The van der Waals surface area contributed by atoms with Crippen LogP contribution >= 0.6 is 23.4 Å². The molecular weight excluding hydrogens is 340 g/mol. The molecule has 0 aliphatic carbocycles. The van der Waals surface area contributed by atoms with Gasteiger partial charge in [0.15, 0.2) is 5.16 Å². The summed E-state index contributed by atoms with van der Waals surface area (Å²) in [5, 5.41) is 1.69. The monoisotopic (exact) mass is 354 g/mol. The number of nitrogens with zero attached hydrogens (tertiary/aromatic N) is 4. The lowest BCUT2D eigenvalue weighted by Gasteiger charge is -2.11. The van der Waals surface area contributed by atoms with E-state index in [0.29, 0.717) is 0 Å². The Morgan fingerprint density at radius 3 is 2.92 bits per heavy atom. The fourth-order valence-electron chi connectivity index (χ4n) is 2.63. The maximum absolute atomic E-state index is 6.25. The van der Waals surface area contributed by atoms with Crippen LogP contribution < -0.4 is 0 Å². The first-order chi connectivity index (χ1) is 11.7. The van der Waals surface area contributed by atoms with Crippen LogP contribution in [0.2, 0.25) is 5.02 Å². The highest BCUT2D eigenvalue weighted by molar-refractivity contribution is 7.98. The molecule has 0 bridgehead atoms. The lowest BCUT2D eigenvalue weighted by molar-refractivity contribution is 0.887. The van der Waals surface area contributed by atoms with E-state index >= 15 is 0 Å².